The average Bonchev–Trinajstić information content (AvgIpc) is 2.94. The lowest BCUT2D eigenvalue weighted by Gasteiger charge is -2.20. The molecule has 0 radical (unpaired) electrons. The summed E-state index contributed by atoms with van der Waals surface area (Å²) in [7, 11) is -4.01. The van der Waals surface area contributed by atoms with Crippen LogP contribution >= 0.6 is 0 Å². The van der Waals surface area contributed by atoms with Crippen LogP contribution < -0.4 is 14.2 Å². The average molecular weight is 540 g/mol. The molecule has 5 nitrogen and oxygen atoms in total. The second kappa shape index (κ2) is 11.4. The van der Waals surface area contributed by atoms with Gasteiger partial charge in [-0.25, -0.2) is 12.8 Å². The van der Waals surface area contributed by atoms with Crippen molar-refractivity contribution in [2.75, 3.05) is 4.72 Å². The molecule has 0 aliphatic carbocycles. The molecule has 0 bridgehead atoms. The molecule has 39 heavy (non-hydrogen) atoms. The van der Waals surface area contributed by atoms with Crippen molar-refractivity contribution in [3.8, 4) is 28.4 Å². The van der Waals surface area contributed by atoms with Gasteiger partial charge in [0.05, 0.1) is 10.6 Å². The second-order valence-electron chi connectivity index (χ2n) is 8.96. The van der Waals surface area contributed by atoms with Gasteiger partial charge in [0.1, 0.15) is 29.7 Å². The maximum absolute atomic E-state index is 14.3. The van der Waals surface area contributed by atoms with E-state index >= 15 is 0 Å². The minimum Gasteiger partial charge on any atom is -0.487 e. The predicted molar refractivity (Wildman–Crippen MR) is 151 cm³/mol. The molecular formula is C32H26FNO4S. The third-order valence-corrected chi connectivity index (χ3v) is 7.36. The molecule has 1 N–H and O–H groups in total. The quantitative estimate of drug-likeness (QED) is 0.206. The standard InChI is InChI=1S/C32H26FNO4S/c1-23-15-17-29(18-16-23)39(35,36)34-32-30(25-11-8-12-26(33)19-25)20-28(38-27-13-6-3-7-14-27)21-31(32)37-22-24-9-4-2-5-10-24/h2-21,34H,22H2,1H3. The largest absolute Gasteiger partial charge is 0.487 e. The van der Waals surface area contributed by atoms with Crippen LogP contribution in [0.5, 0.6) is 17.2 Å². The van der Waals surface area contributed by atoms with E-state index in [4.69, 9.17) is 9.47 Å². The summed E-state index contributed by atoms with van der Waals surface area (Å²) in [5.41, 5.74) is 2.87. The number of para-hydroxylation sites is 1. The van der Waals surface area contributed by atoms with Crippen LogP contribution in [0.1, 0.15) is 11.1 Å². The van der Waals surface area contributed by atoms with Crippen LogP contribution in [0.15, 0.2) is 126 Å². The van der Waals surface area contributed by atoms with E-state index in [1.807, 2.05) is 55.5 Å². The van der Waals surface area contributed by atoms with Gasteiger partial charge in [-0.05, 0) is 60.5 Å². The third kappa shape index (κ3) is 6.45. The van der Waals surface area contributed by atoms with Crippen LogP contribution in [0.25, 0.3) is 11.1 Å². The third-order valence-electron chi connectivity index (χ3n) is 6.00. The summed E-state index contributed by atoms with van der Waals surface area (Å²) in [6.07, 6.45) is 0. The zero-order valence-electron chi connectivity index (χ0n) is 21.2. The zero-order valence-corrected chi connectivity index (χ0v) is 22.0. The number of sulfonamides is 1. The predicted octanol–water partition coefficient (Wildman–Crippen LogP) is 7.97. The number of halogens is 1. The minimum atomic E-state index is -4.01. The Morgan fingerprint density at radius 3 is 2.13 bits per heavy atom. The molecule has 0 heterocycles. The SMILES string of the molecule is Cc1ccc(S(=O)(=O)Nc2c(OCc3ccccc3)cc(Oc3ccccc3)cc2-c2cccc(F)c2)cc1. The van der Waals surface area contributed by atoms with Gasteiger partial charge >= 0.3 is 0 Å². The molecule has 0 saturated carbocycles. The first kappa shape index (κ1) is 26.0. The first-order valence-electron chi connectivity index (χ1n) is 12.3. The number of anilines is 1. The topological polar surface area (TPSA) is 64.6 Å². The Labute approximate surface area is 227 Å². The fourth-order valence-electron chi connectivity index (χ4n) is 4.02. The first-order chi connectivity index (χ1) is 18.9. The summed E-state index contributed by atoms with van der Waals surface area (Å²) in [4.78, 5) is 0.0944. The molecule has 0 aliphatic heterocycles. The highest BCUT2D eigenvalue weighted by molar-refractivity contribution is 7.92. The van der Waals surface area contributed by atoms with E-state index in [2.05, 4.69) is 4.72 Å². The summed E-state index contributed by atoms with van der Waals surface area (Å²) >= 11 is 0. The number of hydrogen-bond donors (Lipinski definition) is 1. The Morgan fingerprint density at radius 1 is 0.744 bits per heavy atom. The molecule has 0 spiro atoms. The fraction of sp³-hybridized carbons (Fsp3) is 0.0625. The van der Waals surface area contributed by atoms with E-state index in [9.17, 15) is 12.8 Å². The van der Waals surface area contributed by atoms with E-state index < -0.39 is 15.8 Å². The van der Waals surface area contributed by atoms with E-state index in [1.165, 1.54) is 24.3 Å². The Balaban J connectivity index is 1.65. The summed E-state index contributed by atoms with van der Waals surface area (Å²) in [5, 5.41) is 0. The Hall–Kier alpha value is -4.62. The highest BCUT2D eigenvalue weighted by atomic mass is 32.2. The zero-order chi connectivity index (χ0) is 27.2. The molecule has 0 atom stereocenters. The van der Waals surface area contributed by atoms with Crippen molar-refractivity contribution in [3.05, 3.63) is 138 Å². The monoisotopic (exact) mass is 539 g/mol. The molecular weight excluding hydrogens is 513 g/mol. The Bertz CT molecular complexity index is 1670. The van der Waals surface area contributed by atoms with Crippen LogP contribution in [-0.2, 0) is 16.6 Å². The maximum Gasteiger partial charge on any atom is 0.262 e. The summed E-state index contributed by atoms with van der Waals surface area (Å²) < 4.78 is 56.3. The number of nitrogens with one attached hydrogen (secondary N) is 1. The van der Waals surface area contributed by atoms with Gasteiger partial charge < -0.3 is 9.47 Å². The van der Waals surface area contributed by atoms with Crippen molar-refractivity contribution in [1.82, 2.24) is 0 Å². The Morgan fingerprint density at radius 2 is 1.44 bits per heavy atom. The molecule has 7 heteroatoms. The van der Waals surface area contributed by atoms with Gasteiger partial charge in [0.25, 0.3) is 10.0 Å². The molecule has 0 unspecified atom stereocenters. The summed E-state index contributed by atoms with van der Waals surface area (Å²) in [6.45, 7) is 2.06. The van der Waals surface area contributed by atoms with Crippen molar-refractivity contribution < 1.29 is 22.3 Å². The molecule has 5 rings (SSSR count). The number of ether oxygens (including phenoxy) is 2. The van der Waals surface area contributed by atoms with Crippen molar-refractivity contribution in [2.45, 2.75) is 18.4 Å². The molecule has 0 aliphatic rings. The molecule has 5 aromatic rings. The van der Waals surface area contributed by atoms with Crippen LogP contribution in [-0.4, -0.2) is 8.42 Å². The van der Waals surface area contributed by atoms with Crippen molar-refractivity contribution in [3.63, 3.8) is 0 Å². The number of hydrogen-bond acceptors (Lipinski definition) is 4. The van der Waals surface area contributed by atoms with Crippen LogP contribution in [0.4, 0.5) is 10.1 Å². The number of benzene rings is 5. The first-order valence-corrected chi connectivity index (χ1v) is 13.8. The molecule has 0 aromatic heterocycles. The van der Waals surface area contributed by atoms with Crippen LogP contribution in [0.3, 0.4) is 0 Å². The van der Waals surface area contributed by atoms with Gasteiger partial charge in [-0.3, -0.25) is 4.72 Å². The van der Waals surface area contributed by atoms with Crippen molar-refractivity contribution >= 4 is 15.7 Å². The second-order valence-corrected chi connectivity index (χ2v) is 10.6. The van der Waals surface area contributed by atoms with E-state index in [0.29, 0.717) is 22.6 Å². The number of aryl methyl sites for hydroxylation is 1. The highest BCUT2D eigenvalue weighted by Gasteiger charge is 2.22. The van der Waals surface area contributed by atoms with E-state index in [-0.39, 0.29) is 22.9 Å². The maximum atomic E-state index is 14.3. The van der Waals surface area contributed by atoms with Gasteiger partial charge in [0.15, 0.2) is 0 Å². The van der Waals surface area contributed by atoms with E-state index in [1.54, 1.807) is 48.5 Å². The lowest BCUT2D eigenvalue weighted by atomic mass is 10.0. The lowest BCUT2D eigenvalue weighted by Crippen LogP contribution is -2.15. The minimum absolute atomic E-state index is 0.0944. The van der Waals surface area contributed by atoms with Gasteiger partial charge in [-0.2, -0.15) is 0 Å². The van der Waals surface area contributed by atoms with Crippen LogP contribution in [0, 0.1) is 12.7 Å². The van der Waals surface area contributed by atoms with Gasteiger partial charge in [0, 0.05) is 11.6 Å². The van der Waals surface area contributed by atoms with E-state index in [0.717, 1.165) is 11.1 Å². The molecule has 5 aromatic carbocycles. The van der Waals surface area contributed by atoms with Gasteiger partial charge in [-0.1, -0.05) is 78.4 Å². The van der Waals surface area contributed by atoms with Gasteiger partial charge in [0.2, 0.25) is 0 Å². The molecule has 0 fully saturated rings. The normalized spacial score (nSPS) is 11.1. The number of rotatable bonds is 9. The Kier molecular flexibility index (Phi) is 7.61. The fourth-order valence-corrected chi connectivity index (χ4v) is 5.11. The summed E-state index contributed by atoms with van der Waals surface area (Å²) in [5.74, 6) is 0.773. The molecule has 196 valence electrons. The van der Waals surface area contributed by atoms with Gasteiger partial charge in [-0.15, -0.1) is 0 Å². The lowest BCUT2D eigenvalue weighted by molar-refractivity contribution is 0.306. The molecule has 0 amide bonds. The smallest absolute Gasteiger partial charge is 0.262 e. The molecule has 0 saturated heterocycles. The van der Waals surface area contributed by atoms with Crippen molar-refractivity contribution in [1.29, 1.82) is 0 Å². The summed E-state index contributed by atoms with van der Waals surface area (Å²) in [6, 6.07) is 34.5. The highest BCUT2D eigenvalue weighted by Crippen LogP contribution is 2.42. The van der Waals surface area contributed by atoms with Crippen molar-refractivity contribution in [2.24, 2.45) is 0 Å². The van der Waals surface area contributed by atoms with Crippen LogP contribution in [0.2, 0.25) is 0 Å².